The summed E-state index contributed by atoms with van der Waals surface area (Å²) >= 11 is 0. The first-order chi connectivity index (χ1) is 15.1. The van der Waals surface area contributed by atoms with E-state index in [-0.39, 0.29) is 35.2 Å². The molecule has 2 N–H and O–H groups in total. The van der Waals surface area contributed by atoms with Gasteiger partial charge in [-0.05, 0) is 43.8 Å². The van der Waals surface area contributed by atoms with Crippen LogP contribution in [0.25, 0.3) is 0 Å². The quantitative estimate of drug-likeness (QED) is 0.205. The molecule has 1 rings (SSSR count). The molecule has 1 saturated heterocycles. The Labute approximate surface area is 202 Å². The molecule has 1 aliphatic heterocycles. The fraction of sp³-hybridized carbons (Fsp3) is 0.880. The van der Waals surface area contributed by atoms with Crippen LogP contribution in [0, 0.1) is 5.92 Å². The SMILES string of the molecule is CCCCCCC(=O)N[C@@H](C)C(=O)N[C@@H](CC(C)C)C(=O)[C@]1(CO[Si](C)(C)C(C)(C)C)CO1. The Balaban J connectivity index is 2.74. The summed E-state index contributed by atoms with van der Waals surface area (Å²) in [5.41, 5.74) is -0.978. The summed E-state index contributed by atoms with van der Waals surface area (Å²) in [6, 6.07) is -1.38. The van der Waals surface area contributed by atoms with Crippen LogP contribution in [0.1, 0.15) is 87.0 Å². The molecule has 8 heteroatoms. The number of ketones is 1. The second-order valence-corrected chi connectivity index (χ2v) is 16.3. The maximum atomic E-state index is 13.4. The van der Waals surface area contributed by atoms with Crippen molar-refractivity contribution >= 4 is 25.9 Å². The molecule has 3 atom stereocenters. The van der Waals surface area contributed by atoms with Gasteiger partial charge >= 0.3 is 0 Å². The summed E-state index contributed by atoms with van der Waals surface area (Å²) in [7, 11) is -2.04. The van der Waals surface area contributed by atoms with Crippen molar-refractivity contribution < 1.29 is 23.5 Å². The van der Waals surface area contributed by atoms with Gasteiger partial charge in [-0.25, -0.2) is 0 Å². The van der Waals surface area contributed by atoms with Gasteiger partial charge in [0, 0.05) is 6.42 Å². The van der Waals surface area contributed by atoms with Gasteiger partial charge in [0.05, 0.1) is 19.3 Å². The first kappa shape index (κ1) is 29.8. The molecule has 7 nitrogen and oxygen atoms in total. The lowest BCUT2D eigenvalue weighted by molar-refractivity contribution is -0.133. The third-order valence-electron chi connectivity index (χ3n) is 6.78. The number of carbonyl (C=O) groups is 3. The Bertz CT molecular complexity index is 668. The van der Waals surface area contributed by atoms with E-state index in [4.69, 9.17) is 9.16 Å². The number of hydrogen-bond acceptors (Lipinski definition) is 5. The molecule has 1 heterocycles. The van der Waals surface area contributed by atoms with Gasteiger partial charge in [-0.1, -0.05) is 60.8 Å². The number of epoxide rings is 1. The molecule has 0 spiro atoms. The van der Waals surface area contributed by atoms with Crippen LogP contribution in [0.4, 0.5) is 0 Å². The van der Waals surface area contributed by atoms with E-state index in [0.717, 1.165) is 25.7 Å². The molecule has 0 radical (unpaired) electrons. The Kier molecular flexibility index (Phi) is 11.2. The Morgan fingerprint density at radius 3 is 2.15 bits per heavy atom. The second-order valence-electron chi connectivity index (χ2n) is 11.5. The van der Waals surface area contributed by atoms with E-state index in [1.807, 2.05) is 13.8 Å². The van der Waals surface area contributed by atoms with Crippen molar-refractivity contribution in [3.05, 3.63) is 0 Å². The van der Waals surface area contributed by atoms with Gasteiger partial charge in [-0.2, -0.15) is 0 Å². The average Bonchev–Trinajstić information content (AvgIpc) is 3.48. The lowest BCUT2D eigenvalue weighted by Gasteiger charge is -2.37. The normalized spacial score (nSPS) is 20.3. The summed E-state index contributed by atoms with van der Waals surface area (Å²) in [4.78, 5) is 38.4. The molecule has 0 aromatic rings. The molecular formula is C25H48N2O5Si. The van der Waals surface area contributed by atoms with E-state index >= 15 is 0 Å². The smallest absolute Gasteiger partial charge is 0.242 e. The van der Waals surface area contributed by atoms with Crippen LogP contribution in [0.5, 0.6) is 0 Å². The van der Waals surface area contributed by atoms with Gasteiger partial charge in [0.2, 0.25) is 11.8 Å². The third kappa shape index (κ3) is 9.49. The Hall–Kier alpha value is -1.25. The monoisotopic (exact) mass is 484 g/mol. The number of carbonyl (C=O) groups excluding carboxylic acids is 3. The zero-order valence-corrected chi connectivity index (χ0v) is 23.4. The zero-order chi connectivity index (χ0) is 25.4. The highest BCUT2D eigenvalue weighted by atomic mass is 28.4. The van der Waals surface area contributed by atoms with Gasteiger partial charge in [0.25, 0.3) is 0 Å². The van der Waals surface area contributed by atoms with Crippen LogP contribution in [0.2, 0.25) is 18.1 Å². The molecule has 0 aliphatic carbocycles. The topological polar surface area (TPSA) is 97.0 Å². The number of hydrogen-bond donors (Lipinski definition) is 2. The van der Waals surface area contributed by atoms with Crippen molar-refractivity contribution in [3.8, 4) is 0 Å². The van der Waals surface area contributed by atoms with E-state index in [9.17, 15) is 14.4 Å². The van der Waals surface area contributed by atoms with E-state index in [1.165, 1.54) is 0 Å². The molecule has 0 aromatic carbocycles. The molecule has 1 fully saturated rings. The molecular weight excluding hydrogens is 436 g/mol. The number of unbranched alkanes of at least 4 members (excludes halogenated alkanes) is 3. The van der Waals surface area contributed by atoms with Gasteiger partial charge in [-0.3, -0.25) is 14.4 Å². The average molecular weight is 485 g/mol. The fourth-order valence-corrected chi connectivity index (χ4v) is 4.33. The number of rotatable bonds is 15. The van der Waals surface area contributed by atoms with E-state index in [2.05, 4.69) is 51.4 Å². The summed E-state index contributed by atoms with van der Waals surface area (Å²) in [6.07, 6.45) is 4.95. The molecule has 0 saturated carbocycles. The van der Waals surface area contributed by atoms with Crippen molar-refractivity contribution in [2.75, 3.05) is 13.2 Å². The predicted octanol–water partition coefficient (Wildman–Crippen LogP) is 4.35. The highest BCUT2D eigenvalue weighted by Gasteiger charge is 2.56. The van der Waals surface area contributed by atoms with Crippen molar-refractivity contribution in [3.63, 3.8) is 0 Å². The van der Waals surface area contributed by atoms with Crippen molar-refractivity contribution in [2.45, 2.75) is 123 Å². The summed E-state index contributed by atoms with van der Waals surface area (Å²) in [5, 5.41) is 5.66. The largest absolute Gasteiger partial charge is 0.413 e. The van der Waals surface area contributed by atoms with Gasteiger partial charge in [-0.15, -0.1) is 0 Å². The minimum Gasteiger partial charge on any atom is -0.413 e. The Morgan fingerprint density at radius 1 is 1.06 bits per heavy atom. The van der Waals surface area contributed by atoms with Crippen LogP contribution in [-0.4, -0.2) is 56.8 Å². The number of Topliss-reactive ketones (excluding diaryl/α,β-unsaturated/α-hetero) is 1. The second kappa shape index (κ2) is 12.5. The molecule has 0 aromatic heterocycles. The number of ether oxygens (including phenoxy) is 1. The lowest BCUT2D eigenvalue weighted by atomic mass is 9.92. The zero-order valence-electron chi connectivity index (χ0n) is 22.4. The van der Waals surface area contributed by atoms with Crippen LogP contribution in [0.15, 0.2) is 0 Å². The lowest BCUT2D eigenvalue weighted by Crippen LogP contribution is -2.54. The first-order valence-corrected chi connectivity index (χ1v) is 15.5. The maximum Gasteiger partial charge on any atom is 0.242 e. The Morgan fingerprint density at radius 2 is 1.67 bits per heavy atom. The molecule has 0 bridgehead atoms. The highest BCUT2D eigenvalue weighted by molar-refractivity contribution is 6.74. The van der Waals surface area contributed by atoms with Gasteiger partial charge in [0.15, 0.2) is 19.7 Å². The number of nitrogens with one attached hydrogen (secondary N) is 2. The fourth-order valence-electron chi connectivity index (χ4n) is 3.31. The van der Waals surface area contributed by atoms with E-state index in [1.54, 1.807) is 6.92 Å². The van der Waals surface area contributed by atoms with Crippen LogP contribution >= 0.6 is 0 Å². The van der Waals surface area contributed by atoms with Crippen molar-refractivity contribution in [1.29, 1.82) is 0 Å². The minimum absolute atomic E-state index is 0.0296. The molecule has 0 unspecified atom stereocenters. The predicted molar refractivity (Wildman–Crippen MR) is 135 cm³/mol. The number of amides is 2. The van der Waals surface area contributed by atoms with Crippen LogP contribution < -0.4 is 10.6 Å². The maximum absolute atomic E-state index is 13.4. The van der Waals surface area contributed by atoms with Gasteiger partial charge in [0.1, 0.15) is 6.04 Å². The highest BCUT2D eigenvalue weighted by Crippen LogP contribution is 2.39. The third-order valence-corrected chi connectivity index (χ3v) is 11.3. The van der Waals surface area contributed by atoms with Gasteiger partial charge < -0.3 is 19.8 Å². The first-order valence-electron chi connectivity index (χ1n) is 12.6. The van der Waals surface area contributed by atoms with Crippen molar-refractivity contribution in [2.24, 2.45) is 5.92 Å². The minimum atomic E-state index is -2.04. The molecule has 33 heavy (non-hydrogen) atoms. The van der Waals surface area contributed by atoms with E-state index < -0.39 is 26.0 Å². The van der Waals surface area contributed by atoms with Crippen molar-refractivity contribution in [1.82, 2.24) is 10.6 Å². The standard InChI is InChI=1S/C25H48N2O5Si/c1-10-11-12-13-14-21(28)26-19(4)23(30)27-20(15-18(2)3)22(29)25(16-31-25)17-32-33(8,9)24(5,6)7/h18-20H,10-17H2,1-9H3,(H,26,28)(H,27,30)/t19-,20-,25+/m0/s1. The molecule has 1 aliphatic rings. The molecule has 192 valence electrons. The van der Waals surface area contributed by atoms with Crippen LogP contribution in [-0.2, 0) is 23.5 Å². The summed E-state index contributed by atoms with van der Waals surface area (Å²) < 4.78 is 11.9. The molecule has 2 amide bonds. The van der Waals surface area contributed by atoms with E-state index in [0.29, 0.717) is 19.4 Å². The van der Waals surface area contributed by atoms with Crippen LogP contribution in [0.3, 0.4) is 0 Å². The summed E-state index contributed by atoms with van der Waals surface area (Å²) in [5.74, 6) is -0.413. The summed E-state index contributed by atoms with van der Waals surface area (Å²) in [6.45, 7) is 19.1.